The van der Waals surface area contributed by atoms with Crippen molar-refractivity contribution >= 4 is 0 Å². The van der Waals surface area contributed by atoms with Gasteiger partial charge in [0.15, 0.2) is 0 Å². The van der Waals surface area contributed by atoms with Gasteiger partial charge in [0, 0.05) is 5.54 Å². The zero-order chi connectivity index (χ0) is 12.9. The molecule has 17 heavy (non-hydrogen) atoms. The number of rotatable bonds is 7. The molecule has 1 saturated heterocycles. The van der Waals surface area contributed by atoms with E-state index in [4.69, 9.17) is 0 Å². The minimum atomic E-state index is -0.155. The van der Waals surface area contributed by atoms with Crippen LogP contribution in [0.5, 0.6) is 0 Å². The van der Waals surface area contributed by atoms with E-state index in [1.807, 2.05) is 0 Å². The van der Waals surface area contributed by atoms with Gasteiger partial charge in [0.1, 0.15) is 0 Å². The Bertz CT molecular complexity index is 205. The quantitative estimate of drug-likeness (QED) is 0.738. The molecule has 1 N–H and O–H groups in total. The first-order valence-corrected chi connectivity index (χ1v) is 7.50. The Balaban J connectivity index is 2.67. The van der Waals surface area contributed by atoms with Crippen LogP contribution in [0.2, 0.25) is 0 Å². The maximum Gasteiger partial charge on any atom is 0.0723 e. The highest BCUT2D eigenvalue weighted by Gasteiger charge is 2.40. The summed E-state index contributed by atoms with van der Waals surface area (Å²) in [6.45, 7) is 11.3. The topological polar surface area (TPSA) is 23.5 Å². The standard InChI is InChI=1S/C15H31NO/c1-5-15(6-2,16-11-7-8-12-16)14(17)10-9-13(3)4/h13-14,17H,5-12H2,1-4H3. The molecule has 1 unspecified atom stereocenters. The SMILES string of the molecule is CCC(CC)(C(O)CCC(C)C)N1CCCC1. The lowest BCUT2D eigenvalue weighted by atomic mass is 9.81. The van der Waals surface area contributed by atoms with Crippen LogP contribution >= 0.6 is 0 Å². The van der Waals surface area contributed by atoms with Gasteiger partial charge < -0.3 is 5.11 Å². The summed E-state index contributed by atoms with van der Waals surface area (Å²) in [7, 11) is 0. The zero-order valence-corrected chi connectivity index (χ0v) is 12.2. The average Bonchev–Trinajstić information content (AvgIpc) is 2.83. The first-order chi connectivity index (χ1) is 8.06. The number of likely N-dealkylation sites (tertiary alicyclic amines) is 1. The molecule has 0 aromatic rings. The summed E-state index contributed by atoms with van der Waals surface area (Å²) in [6.07, 6.45) is 6.69. The molecule has 0 saturated carbocycles. The fraction of sp³-hybridized carbons (Fsp3) is 1.00. The fourth-order valence-corrected chi connectivity index (χ4v) is 3.30. The van der Waals surface area contributed by atoms with Crippen LogP contribution in [0.3, 0.4) is 0 Å². The van der Waals surface area contributed by atoms with Crippen LogP contribution in [0.1, 0.15) is 66.2 Å². The van der Waals surface area contributed by atoms with Crippen LogP contribution in [0.4, 0.5) is 0 Å². The lowest BCUT2D eigenvalue weighted by Crippen LogP contribution is -2.55. The van der Waals surface area contributed by atoms with Gasteiger partial charge in [-0.3, -0.25) is 4.90 Å². The molecule has 1 heterocycles. The lowest BCUT2D eigenvalue weighted by molar-refractivity contribution is -0.0337. The fourth-order valence-electron chi connectivity index (χ4n) is 3.30. The molecule has 1 atom stereocenters. The second kappa shape index (κ2) is 6.75. The Morgan fingerprint density at radius 3 is 2.00 bits per heavy atom. The Kier molecular flexibility index (Phi) is 5.94. The summed E-state index contributed by atoms with van der Waals surface area (Å²) in [5.74, 6) is 0.689. The van der Waals surface area contributed by atoms with E-state index in [1.165, 1.54) is 25.9 Å². The van der Waals surface area contributed by atoms with E-state index < -0.39 is 0 Å². The predicted molar refractivity (Wildman–Crippen MR) is 74.2 cm³/mol. The van der Waals surface area contributed by atoms with E-state index in [2.05, 4.69) is 32.6 Å². The van der Waals surface area contributed by atoms with Crippen LogP contribution in [0, 0.1) is 5.92 Å². The van der Waals surface area contributed by atoms with Crippen molar-refractivity contribution in [3.05, 3.63) is 0 Å². The predicted octanol–water partition coefficient (Wildman–Crippen LogP) is 3.44. The van der Waals surface area contributed by atoms with Gasteiger partial charge in [-0.2, -0.15) is 0 Å². The van der Waals surface area contributed by atoms with Crippen molar-refractivity contribution in [3.8, 4) is 0 Å². The molecule has 0 bridgehead atoms. The number of aliphatic hydroxyl groups excluding tert-OH is 1. The summed E-state index contributed by atoms with van der Waals surface area (Å²) >= 11 is 0. The normalized spacial score (nSPS) is 20.1. The van der Waals surface area contributed by atoms with Crippen molar-refractivity contribution in [2.75, 3.05) is 13.1 Å². The molecule has 0 aliphatic carbocycles. The van der Waals surface area contributed by atoms with Gasteiger partial charge >= 0.3 is 0 Å². The maximum absolute atomic E-state index is 10.6. The largest absolute Gasteiger partial charge is 0.391 e. The highest BCUT2D eigenvalue weighted by Crippen LogP contribution is 2.33. The molecule has 1 aliphatic heterocycles. The van der Waals surface area contributed by atoms with E-state index in [0.717, 1.165) is 25.7 Å². The first kappa shape index (κ1) is 15.0. The zero-order valence-electron chi connectivity index (χ0n) is 12.2. The second-order valence-corrected chi connectivity index (χ2v) is 5.99. The van der Waals surface area contributed by atoms with Crippen LogP contribution < -0.4 is 0 Å². The highest BCUT2D eigenvalue weighted by atomic mass is 16.3. The van der Waals surface area contributed by atoms with Crippen molar-refractivity contribution < 1.29 is 5.11 Å². The molecule has 0 aromatic carbocycles. The van der Waals surface area contributed by atoms with Crippen molar-refractivity contribution in [2.24, 2.45) is 5.92 Å². The first-order valence-electron chi connectivity index (χ1n) is 7.50. The van der Waals surface area contributed by atoms with E-state index in [9.17, 15) is 5.11 Å². The number of hydrogen-bond acceptors (Lipinski definition) is 2. The van der Waals surface area contributed by atoms with Crippen LogP contribution in [0.25, 0.3) is 0 Å². The number of hydrogen-bond donors (Lipinski definition) is 1. The average molecular weight is 241 g/mol. The van der Waals surface area contributed by atoms with E-state index in [1.54, 1.807) is 0 Å². The third-order valence-corrected chi connectivity index (χ3v) is 4.60. The molecular weight excluding hydrogens is 210 g/mol. The van der Waals surface area contributed by atoms with Gasteiger partial charge in [0.05, 0.1) is 6.10 Å². The van der Waals surface area contributed by atoms with E-state index in [0.29, 0.717) is 5.92 Å². The van der Waals surface area contributed by atoms with Gasteiger partial charge in [-0.05, 0) is 57.5 Å². The van der Waals surface area contributed by atoms with Crippen molar-refractivity contribution in [2.45, 2.75) is 77.9 Å². The monoisotopic (exact) mass is 241 g/mol. The summed E-state index contributed by atoms with van der Waals surface area (Å²) in [5, 5.41) is 10.6. The molecule has 1 rings (SSSR count). The molecule has 0 aromatic heterocycles. The van der Waals surface area contributed by atoms with Crippen molar-refractivity contribution in [3.63, 3.8) is 0 Å². The summed E-state index contributed by atoms with van der Waals surface area (Å²) < 4.78 is 0. The Labute approximate surface area is 107 Å². The molecule has 1 fully saturated rings. The minimum absolute atomic E-state index is 0.0470. The molecule has 0 amide bonds. The third-order valence-electron chi connectivity index (χ3n) is 4.60. The second-order valence-electron chi connectivity index (χ2n) is 5.99. The van der Waals surface area contributed by atoms with Gasteiger partial charge in [-0.25, -0.2) is 0 Å². The van der Waals surface area contributed by atoms with Crippen LogP contribution in [-0.4, -0.2) is 34.7 Å². The molecule has 2 nitrogen and oxygen atoms in total. The Morgan fingerprint density at radius 1 is 1.06 bits per heavy atom. The minimum Gasteiger partial charge on any atom is -0.391 e. The molecule has 102 valence electrons. The molecular formula is C15H31NO. The summed E-state index contributed by atoms with van der Waals surface area (Å²) in [6, 6.07) is 0. The number of aliphatic hydroxyl groups is 1. The molecule has 0 spiro atoms. The van der Waals surface area contributed by atoms with Gasteiger partial charge in [-0.15, -0.1) is 0 Å². The molecule has 2 heteroatoms. The molecule has 1 aliphatic rings. The molecule has 0 radical (unpaired) electrons. The third kappa shape index (κ3) is 3.45. The van der Waals surface area contributed by atoms with Gasteiger partial charge in [0.2, 0.25) is 0 Å². The van der Waals surface area contributed by atoms with Gasteiger partial charge in [-0.1, -0.05) is 27.7 Å². The van der Waals surface area contributed by atoms with Gasteiger partial charge in [0.25, 0.3) is 0 Å². The Hall–Kier alpha value is -0.0800. The van der Waals surface area contributed by atoms with E-state index in [-0.39, 0.29) is 11.6 Å². The van der Waals surface area contributed by atoms with Crippen LogP contribution in [0.15, 0.2) is 0 Å². The highest BCUT2D eigenvalue weighted by molar-refractivity contribution is 4.96. The smallest absolute Gasteiger partial charge is 0.0723 e. The van der Waals surface area contributed by atoms with Crippen molar-refractivity contribution in [1.29, 1.82) is 0 Å². The lowest BCUT2D eigenvalue weighted by Gasteiger charge is -2.45. The number of nitrogens with zero attached hydrogens (tertiary/aromatic N) is 1. The summed E-state index contributed by atoms with van der Waals surface area (Å²) in [4.78, 5) is 2.55. The maximum atomic E-state index is 10.6. The summed E-state index contributed by atoms with van der Waals surface area (Å²) in [5.41, 5.74) is 0.0470. The van der Waals surface area contributed by atoms with E-state index >= 15 is 0 Å². The Morgan fingerprint density at radius 2 is 1.59 bits per heavy atom. The van der Waals surface area contributed by atoms with Crippen molar-refractivity contribution in [1.82, 2.24) is 4.90 Å². The van der Waals surface area contributed by atoms with Crippen LogP contribution in [-0.2, 0) is 0 Å².